The molecule has 0 unspecified atom stereocenters. The van der Waals surface area contributed by atoms with Gasteiger partial charge in [0.1, 0.15) is 0 Å². The van der Waals surface area contributed by atoms with Gasteiger partial charge in [0.05, 0.1) is 18.0 Å². The van der Waals surface area contributed by atoms with E-state index in [4.69, 9.17) is 0 Å². The van der Waals surface area contributed by atoms with Crippen LogP contribution in [0.15, 0.2) is 17.3 Å². The van der Waals surface area contributed by atoms with Gasteiger partial charge in [0.2, 0.25) is 10.0 Å². The van der Waals surface area contributed by atoms with Gasteiger partial charge in [0.25, 0.3) is 0 Å². The van der Waals surface area contributed by atoms with Crippen molar-refractivity contribution in [2.75, 3.05) is 43.9 Å². The molecule has 1 aromatic rings. The maximum absolute atomic E-state index is 12.2. The van der Waals surface area contributed by atoms with Gasteiger partial charge < -0.3 is 10.6 Å². The molecule has 0 atom stereocenters. The Hall–Kier alpha value is -0.530. The summed E-state index contributed by atoms with van der Waals surface area (Å²) in [5.41, 5.74) is 1.02. The molecule has 0 saturated carbocycles. The second-order valence-electron chi connectivity index (χ2n) is 5.13. The van der Waals surface area contributed by atoms with Gasteiger partial charge in [-0.1, -0.05) is 0 Å². The van der Waals surface area contributed by atoms with Crippen LogP contribution in [-0.4, -0.2) is 72.4 Å². The summed E-state index contributed by atoms with van der Waals surface area (Å²) in [6.07, 6.45) is 1.73. The van der Waals surface area contributed by atoms with E-state index in [0.717, 1.165) is 17.2 Å². The predicted octanol–water partition coefficient (Wildman–Crippen LogP) is 0.0817. The van der Waals surface area contributed by atoms with Gasteiger partial charge in [-0.25, -0.2) is 12.7 Å². The van der Waals surface area contributed by atoms with Crippen LogP contribution in [0.3, 0.4) is 0 Å². The molecule has 0 bridgehead atoms. The normalized spacial score (nSPS) is 16.5. The fourth-order valence-electron chi connectivity index (χ4n) is 2.22. The number of hydrogen-bond acceptors (Lipinski definition) is 5. The molecule has 0 aliphatic carbocycles. The van der Waals surface area contributed by atoms with E-state index >= 15 is 0 Å². The lowest BCUT2D eigenvalue weighted by atomic mass is 10.4. The molecule has 8 nitrogen and oxygen atoms in total. The Morgan fingerprint density at radius 1 is 1.38 bits per heavy atom. The van der Waals surface area contributed by atoms with Crippen molar-refractivity contribution in [2.24, 2.45) is 12.0 Å². The standard InChI is InChI=1S/C13H24N6O2S2.HI/c1-14-13(16-11-12-3-4-17-18(12)2)15-5-10-23(20,21)19-6-8-22-9-7-19;/h3-4H,5-11H2,1-2H3,(H2,14,15,16);1H. The largest absolute Gasteiger partial charge is 0.355 e. The summed E-state index contributed by atoms with van der Waals surface area (Å²) in [4.78, 5) is 4.10. The second-order valence-corrected chi connectivity index (χ2v) is 8.44. The topological polar surface area (TPSA) is 91.6 Å². The molecule has 11 heteroatoms. The number of thioether (sulfide) groups is 1. The van der Waals surface area contributed by atoms with Crippen molar-refractivity contribution in [1.82, 2.24) is 24.7 Å². The Bertz CT molecular complexity index is 628. The highest BCUT2D eigenvalue weighted by molar-refractivity contribution is 14.0. The average molecular weight is 488 g/mol. The average Bonchev–Trinajstić information content (AvgIpc) is 2.96. The molecule has 24 heavy (non-hydrogen) atoms. The maximum atomic E-state index is 12.2. The van der Waals surface area contributed by atoms with Gasteiger partial charge in [0, 0.05) is 51.4 Å². The third-order valence-electron chi connectivity index (χ3n) is 3.60. The van der Waals surface area contributed by atoms with Crippen LogP contribution in [0.25, 0.3) is 0 Å². The first-order chi connectivity index (χ1) is 11.0. The third kappa shape index (κ3) is 6.41. The molecule has 0 radical (unpaired) electrons. The van der Waals surface area contributed by atoms with Gasteiger partial charge in [-0.05, 0) is 6.07 Å². The highest BCUT2D eigenvalue weighted by atomic mass is 127. The van der Waals surface area contributed by atoms with Gasteiger partial charge in [0.15, 0.2) is 5.96 Å². The number of aliphatic imine (C=N–C) groups is 1. The highest BCUT2D eigenvalue weighted by Gasteiger charge is 2.23. The summed E-state index contributed by atoms with van der Waals surface area (Å²) in [5, 5.41) is 10.3. The molecule has 1 aliphatic rings. The zero-order valence-corrected chi connectivity index (χ0v) is 17.9. The third-order valence-corrected chi connectivity index (χ3v) is 6.41. The van der Waals surface area contributed by atoms with Crippen LogP contribution in [0.1, 0.15) is 5.69 Å². The lowest BCUT2D eigenvalue weighted by Crippen LogP contribution is -2.44. The van der Waals surface area contributed by atoms with E-state index in [1.807, 2.05) is 13.1 Å². The molecule has 0 spiro atoms. The summed E-state index contributed by atoms with van der Waals surface area (Å²) >= 11 is 1.80. The van der Waals surface area contributed by atoms with Crippen molar-refractivity contribution in [3.8, 4) is 0 Å². The Morgan fingerprint density at radius 3 is 2.67 bits per heavy atom. The molecular formula is C13H25IN6O2S2. The first kappa shape index (κ1) is 21.5. The molecule has 2 N–H and O–H groups in total. The van der Waals surface area contributed by atoms with E-state index in [1.54, 1.807) is 34.0 Å². The van der Waals surface area contributed by atoms with E-state index < -0.39 is 10.0 Å². The molecular weight excluding hydrogens is 463 g/mol. The number of guanidine groups is 1. The minimum Gasteiger partial charge on any atom is -0.355 e. The van der Waals surface area contributed by atoms with Gasteiger partial charge in [-0.3, -0.25) is 9.67 Å². The van der Waals surface area contributed by atoms with E-state index in [-0.39, 0.29) is 29.7 Å². The van der Waals surface area contributed by atoms with Crippen LogP contribution < -0.4 is 10.6 Å². The first-order valence-corrected chi connectivity index (χ1v) is 10.3. The van der Waals surface area contributed by atoms with Crippen molar-refractivity contribution >= 4 is 51.7 Å². The SMILES string of the molecule is CN=C(NCCS(=O)(=O)N1CCSCC1)NCc1ccnn1C.I. The summed E-state index contributed by atoms with van der Waals surface area (Å²) < 4.78 is 27.9. The molecule has 1 saturated heterocycles. The van der Waals surface area contributed by atoms with Crippen LogP contribution in [0.5, 0.6) is 0 Å². The molecule has 138 valence electrons. The molecule has 1 aromatic heterocycles. The molecule has 2 heterocycles. The summed E-state index contributed by atoms with van der Waals surface area (Å²) in [5.74, 6) is 2.40. The van der Waals surface area contributed by atoms with Crippen molar-refractivity contribution in [1.29, 1.82) is 0 Å². The van der Waals surface area contributed by atoms with E-state index in [1.165, 1.54) is 0 Å². The van der Waals surface area contributed by atoms with E-state index in [0.29, 0.717) is 32.1 Å². The number of sulfonamides is 1. The minimum absolute atomic E-state index is 0. The van der Waals surface area contributed by atoms with E-state index in [9.17, 15) is 8.42 Å². The number of aryl methyl sites for hydroxylation is 1. The van der Waals surface area contributed by atoms with Crippen LogP contribution >= 0.6 is 35.7 Å². The quantitative estimate of drug-likeness (QED) is 0.335. The molecule has 1 aliphatic heterocycles. The Labute approximate surface area is 164 Å². The highest BCUT2D eigenvalue weighted by Crippen LogP contribution is 2.12. The van der Waals surface area contributed by atoms with Gasteiger partial charge in [-0.15, -0.1) is 24.0 Å². The monoisotopic (exact) mass is 488 g/mol. The lowest BCUT2D eigenvalue weighted by molar-refractivity contribution is 0.443. The number of nitrogens with one attached hydrogen (secondary N) is 2. The van der Waals surface area contributed by atoms with Crippen LogP contribution in [0.2, 0.25) is 0 Å². The Balaban J connectivity index is 0.00000288. The smallest absolute Gasteiger partial charge is 0.215 e. The van der Waals surface area contributed by atoms with Crippen LogP contribution in [-0.2, 0) is 23.6 Å². The summed E-state index contributed by atoms with van der Waals surface area (Å²) in [6.45, 7) is 2.13. The van der Waals surface area contributed by atoms with Gasteiger partial charge >= 0.3 is 0 Å². The minimum atomic E-state index is -3.19. The second kappa shape index (κ2) is 10.5. The number of halogens is 1. The lowest BCUT2D eigenvalue weighted by Gasteiger charge is -2.25. The Kier molecular flexibility index (Phi) is 9.37. The first-order valence-electron chi connectivity index (χ1n) is 7.50. The maximum Gasteiger partial charge on any atom is 0.215 e. The van der Waals surface area contributed by atoms with Crippen LogP contribution in [0.4, 0.5) is 0 Å². The summed E-state index contributed by atoms with van der Waals surface area (Å²) in [7, 11) is 0.342. The number of nitrogens with zero attached hydrogens (tertiary/aromatic N) is 4. The van der Waals surface area contributed by atoms with Crippen LogP contribution in [0, 0.1) is 0 Å². The molecule has 1 fully saturated rings. The van der Waals surface area contributed by atoms with Crippen molar-refractivity contribution in [3.63, 3.8) is 0 Å². The number of rotatable bonds is 6. The van der Waals surface area contributed by atoms with Crippen molar-refractivity contribution in [3.05, 3.63) is 18.0 Å². The molecule has 2 rings (SSSR count). The van der Waals surface area contributed by atoms with E-state index in [2.05, 4.69) is 20.7 Å². The molecule has 0 aromatic carbocycles. The fraction of sp³-hybridized carbons (Fsp3) is 0.692. The van der Waals surface area contributed by atoms with Gasteiger partial charge in [-0.2, -0.15) is 16.9 Å². The van der Waals surface area contributed by atoms with Crippen molar-refractivity contribution < 1.29 is 8.42 Å². The number of hydrogen-bond donors (Lipinski definition) is 2. The predicted molar refractivity (Wildman–Crippen MR) is 110 cm³/mol. The summed E-state index contributed by atoms with van der Waals surface area (Å²) in [6, 6.07) is 1.92. The zero-order chi connectivity index (χ0) is 16.7. The van der Waals surface area contributed by atoms with Crippen molar-refractivity contribution in [2.45, 2.75) is 6.54 Å². The molecule has 0 amide bonds. The number of aromatic nitrogens is 2. The fourth-order valence-corrected chi connectivity index (χ4v) is 4.71. The Morgan fingerprint density at radius 2 is 2.08 bits per heavy atom. The zero-order valence-electron chi connectivity index (χ0n) is 13.9.